The van der Waals surface area contributed by atoms with Crippen LogP contribution in [0, 0.1) is 11.8 Å². The summed E-state index contributed by atoms with van der Waals surface area (Å²) in [5.41, 5.74) is 0. The third-order valence-electron chi connectivity index (χ3n) is 5.48. The summed E-state index contributed by atoms with van der Waals surface area (Å²) < 4.78 is 0. The molecule has 0 aromatic rings. The highest BCUT2D eigenvalue weighted by molar-refractivity contribution is 4.91. The first-order valence-corrected chi connectivity index (χ1v) is 8.58. The Kier molecular flexibility index (Phi) is 5.70. The van der Waals surface area contributed by atoms with Crippen molar-refractivity contribution in [1.29, 1.82) is 0 Å². The van der Waals surface area contributed by atoms with Crippen LogP contribution in [0.2, 0.25) is 0 Å². The Balaban J connectivity index is 1.90. The average Bonchev–Trinajstić information content (AvgIpc) is 2.43. The van der Waals surface area contributed by atoms with Crippen LogP contribution in [0.3, 0.4) is 0 Å². The zero-order valence-electron chi connectivity index (χ0n) is 13.5. The van der Waals surface area contributed by atoms with Gasteiger partial charge in [-0.05, 0) is 57.5 Å². The Morgan fingerprint density at radius 2 is 1.68 bits per heavy atom. The van der Waals surface area contributed by atoms with Gasteiger partial charge in [0.05, 0.1) is 0 Å². The van der Waals surface area contributed by atoms with E-state index in [1.807, 2.05) is 0 Å². The van der Waals surface area contributed by atoms with Gasteiger partial charge in [-0.1, -0.05) is 33.6 Å². The lowest BCUT2D eigenvalue weighted by atomic mass is 9.77. The monoisotopic (exact) mass is 266 g/mol. The predicted octanol–water partition coefficient (Wildman–Crippen LogP) is 3.66. The van der Waals surface area contributed by atoms with Gasteiger partial charge >= 0.3 is 0 Å². The van der Waals surface area contributed by atoms with Crippen molar-refractivity contribution in [2.24, 2.45) is 11.8 Å². The van der Waals surface area contributed by atoms with Gasteiger partial charge in [-0.15, -0.1) is 0 Å². The van der Waals surface area contributed by atoms with Gasteiger partial charge in [0.1, 0.15) is 0 Å². The van der Waals surface area contributed by atoms with Crippen molar-refractivity contribution in [3.05, 3.63) is 0 Å². The summed E-state index contributed by atoms with van der Waals surface area (Å²) in [6, 6.07) is 2.24. The molecule has 1 aliphatic heterocycles. The number of fused-ring (bicyclic) bond motifs is 1. The molecule has 0 spiro atoms. The second-order valence-electron chi connectivity index (χ2n) is 7.27. The van der Waals surface area contributed by atoms with Gasteiger partial charge in [0.25, 0.3) is 0 Å². The molecular formula is C17H34N2. The normalized spacial score (nSPS) is 32.1. The first-order chi connectivity index (χ1) is 9.09. The van der Waals surface area contributed by atoms with Crippen LogP contribution in [-0.2, 0) is 0 Å². The number of nitrogens with one attached hydrogen (secondary N) is 1. The molecule has 1 aliphatic carbocycles. The van der Waals surface area contributed by atoms with Gasteiger partial charge in [-0.2, -0.15) is 0 Å². The van der Waals surface area contributed by atoms with Crippen LogP contribution in [0.1, 0.15) is 66.2 Å². The summed E-state index contributed by atoms with van der Waals surface area (Å²) in [4.78, 5) is 2.86. The molecule has 0 radical (unpaired) electrons. The number of hydrogen-bond donors (Lipinski definition) is 1. The maximum absolute atomic E-state index is 3.61. The summed E-state index contributed by atoms with van der Waals surface area (Å²) in [5.74, 6) is 1.76. The highest BCUT2D eigenvalue weighted by atomic mass is 15.2. The Labute approximate surface area is 120 Å². The lowest BCUT2D eigenvalue weighted by molar-refractivity contribution is 0.0139. The molecule has 2 unspecified atom stereocenters. The molecule has 2 rings (SSSR count). The molecule has 2 heteroatoms. The summed E-state index contributed by atoms with van der Waals surface area (Å²) in [6.07, 6.45) is 8.81. The van der Waals surface area contributed by atoms with Crippen LogP contribution in [0.15, 0.2) is 0 Å². The Bertz CT molecular complexity index is 262. The lowest BCUT2D eigenvalue weighted by Crippen LogP contribution is -2.53. The van der Waals surface area contributed by atoms with Crippen LogP contribution in [0.5, 0.6) is 0 Å². The lowest BCUT2D eigenvalue weighted by Gasteiger charge is -2.48. The quantitative estimate of drug-likeness (QED) is 0.817. The fourth-order valence-electron chi connectivity index (χ4n) is 4.09. The fraction of sp³-hybridized carbons (Fsp3) is 1.00. The van der Waals surface area contributed by atoms with Crippen LogP contribution in [-0.4, -0.2) is 36.1 Å². The first-order valence-electron chi connectivity index (χ1n) is 8.58. The zero-order chi connectivity index (χ0) is 13.8. The smallest absolute Gasteiger partial charge is 0.0126 e. The van der Waals surface area contributed by atoms with Crippen molar-refractivity contribution in [2.45, 2.75) is 84.3 Å². The van der Waals surface area contributed by atoms with E-state index in [2.05, 4.69) is 37.9 Å². The van der Waals surface area contributed by atoms with Gasteiger partial charge in [0.2, 0.25) is 0 Å². The molecule has 2 aliphatic rings. The van der Waals surface area contributed by atoms with Crippen LogP contribution in [0.25, 0.3) is 0 Å². The van der Waals surface area contributed by atoms with Crippen LogP contribution < -0.4 is 5.32 Å². The Morgan fingerprint density at radius 3 is 2.42 bits per heavy atom. The first kappa shape index (κ1) is 15.3. The maximum atomic E-state index is 3.61. The van der Waals surface area contributed by atoms with E-state index in [0.29, 0.717) is 6.04 Å². The van der Waals surface area contributed by atoms with Crippen LogP contribution >= 0.6 is 0 Å². The molecule has 1 N–H and O–H groups in total. The third-order valence-corrected chi connectivity index (χ3v) is 5.48. The standard InChI is InChI=1S/C17H34N2/c1-13(2)18-12-14(3)15(4)19-11-7-9-16-8-5-6-10-17(16)19/h13-18H,5-12H2,1-4H3/t14?,15?,16-,17-/m1/s1. The molecule has 2 fully saturated rings. The molecule has 1 saturated heterocycles. The van der Waals surface area contributed by atoms with E-state index < -0.39 is 0 Å². The number of rotatable bonds is 5. The van der Waals surface area contributed by atoms with Crippen molar-refractivity contribution in [3.63, 3.8) is 0 Å². The molecule has 4 atom stereocenters. The van der Waals surface area contributed by atoms with E-state index in [-0.39, 0.29) is 0 Å². The number of likely N-dealkylation sites (tertiary alicyclic amines) is 1. The zero-order valence-corrected chi connectivity index (χ0v) is 13.5. The van der Waals surface area contributed by atoms with Gasteiger partial charge < -0.3 is 5.32 Å². The van der Waals surface area contributed by atoms with Gasteiger partial charge in [0.15, 0.2) is 0 Å². The van der Waals surface area contributed by atoms with E-state index in [1.54, 1.807) is 0 Å². The SMILES string of the molecule is CC(C)NCC(C)C(C)N1CCC[C@H]2CCCC[C@H]21. The average molecular weight is 266 g/mol. The van der Waals surface area contributed by atoms with Gasteiger partial charge in [-0.25, -0.2) is 0 Å². The highest BCUT2D eigenvalue weighted by Gasteiger charge is 2.36. The fourth-order valence-corrected chi connectivity index (χ4v) is 4.09. The minimum Gasteiger partial charge on any atom is -0.314 e. The molecular weight excluding hydrogens is 232 g/mol. The maximum Gasteiger partial charge on any atom is 0.0126 e. The summed E-state index contributed by atoms with van der Waals surface area (Å²) in [6.45, 7) is 11.9. The second kappa shape index (κ2) is 7.08. The largest absolute Gasteiger partial charge is 0.314 e. The van der Waals surface area contributed by atoms with E-state index in [0.717, 1.165) is 30.5 Å². The van der Waals surface area contributed by atoms with Crippen molar-refractivity contribution < 1.29 is 0 Å². The molecule has 19 heavy (non-hydrogen) atoms. The number of nitrogens with zero attached hydrogens (tertiary/aromatic N) is 1. The minimum atomic E-state index is 0.610. The minimum absolute atomic E-state index is 0.610. The molecule has 0 aromatic carbocycles. The highest BCUT2D eigenvalue weighted by Crippen LogP contribution is 2.37. The molecule has 0 aromatic heterocycles. The molecule has 112 valence electrons. The second-order valence-corrected chi connectivity index (χ2v) is 7.27. The summed E-state index contributed by atoms with van der Waals surface area (Å²) in [7, 11) is 0. The molecule has 2 nitrogen and oxygen atoms in total. The molecule has 0 amide bonds. The van der Waals surface area contributed by atoms with Crippen molar-refractivity contribution >= 4 is 0 Å². The Hall–Kier alpha value is -0.0800. The van der Waals surface area contributed by atoms with Crippen molar-refractivity contribution in [2.75, 3.05) is 13.1 Å². The van der Waals surface area contributed by atoms with Crippen molar-refractivity contribution in [3.8, 4) is 0 Å². The number of hydrogen-bond acceptors (Lipinski definition) is 2. The number of piperidine rings is 1. The predicted molar refractivity (Wildman–Crippen MR) is 83.5 cm³/mol. The van der Waals surface area contributed by atoms with E-state index in [4.69, 9.17) is 0 Å². The topological polar surface area (TPSA) is 15.3 Å². The molecule has 0 bridgehead atoms. The van der Waals surface area contributed by atoms with E-state index in [1.165, 1.54) is 45.1 Å². The summed E-state index contributed by atoms with van der Waals surface area (Å²) >= 11 is 0. The third kappa shape index (κ3) is 3.95. The van der Waals surface area contributed by atoms with E-state index in [9.17, 15) is 0 Å². The van der Waals surface area contributed by atoms with Gasteiger partial charge in [-0.3, -0.25) is 4.90 Å². The van der Waals surface area contributed by atoms with Crippen molar-refractivity contribution in [1.82, 2.24) is 10.2 Å². The van der Waals surface area contributed by atoms with E-state index >= 15 is 0 Å². The van der Waals surface area contributed by atoms with Gasteiger partial charge in [0, 0.05) is 18.1 Å². The molecule has 1 heterocycles. The Morgan fingerprint density at radius 1 is 1.00 bits per heavy atom. The van der Waals surface area contributed by atoms with Crippen LogP contribution in [0.4, 0.5) is 0 Å². The molecule has 1 saturated carbocycles. The summed E-state index contributed by atoms with van der Waals surface area (Å²) in [5, 5.41) is 3.61.